The molecule has 0 atom stereocenters. The average molecular weight is 409 g/mol. The predicted molar refractivity (Wildman–Crippen MR) is 110 cm³/mol. The molecule has 4 rings (SSSR count). The number of anilines is 2. The van der Waals surface area contributed by atoms with E-state index in [1.807, 2.05) is 29.1 Å². The second-order valence-electron chi connectivity index (χ2n) is 6.52. The second kappa shape index (κ2) is 7.81. The summed E-state index contributed by atoms with van der Waals surface area (Å²) >= 11 is 6.11. The zero-order chi connectivity index (χ0) is 20.4. The van der Waals surface area contributed by atoms with E-state index in [0.717, 1.165) is 5.69 Å². The van der Waals surface area contributed by atoms with Crippen molar-refractivity contribution in [3.05, 3.63) is 77.6 Å². The van der Waals surface area contributed by atoms with Crippen LogP contribution >= 0.6 is 11.6 Å². The third-order valence-electron chi connectivity index (χ3n) is 4.53. The minimum atomic E-state index is -0.304. The molecule has 7 nitrogen and oxygen atoms in total. The fraction of sp³-hybridized carbons (Fsp3) is 0.0952. The number of rotatable bonds is 4. The third-order valence-corrected chi connectivity index (χ3v) is 4.77. The number of halogens is 1. The van der Waals surface area contributed by atoms with E-state index in [1.54, 1.807) is 42.5 Å². The molecule has 8 heteroatoms. The summed E-state index contributed by atoms with van der Waals surface area (Å²) < 4.78 is 1.86. The van der Waals surface area contributed by atoms with Crippen molar-refractivity contribution in [3.63, 3.8) is 0 Å². The van der Waals surface area contributed by atoms with Gasteiger partial charge in [-0.1, -0.05) is 11.6 Å². The number of benzene rings is 2. The predicted octanol–water partition coefficient (Wildman–Crippen LogP) is 3.54. The quantitative estimate of drug-likeness (QED) is 0.692. The van der Waals surface area contributed by atoms with Crippen LogP contribution in [0.3, 0.4) is 0 Å². The molecule has 29 heavy (non-hydrogen) atoms. The zero-order valence-corrected chi connectivity index (χ0v) is 16.0. The van der Waals surface area contributed by atoms with Crippen LogP contribution in [-0.4, -0.2) is 22.3 Å². The lowest BCUT2D eigenvalue weighted by molar-refractivity contribution is -0.130. The van der Waals surface area contributed by atoms with E-state index in [9.17, 15) is 14.4 Å². The smallest absolute Gasteiger partial charge is 0.255 e. The number of carbonyl (C=O) groups is 3. The highest BCUT2D eigenvalue weighted by molar-refractivity contribution is 6.31. The van der Waals surface area contributed by atoms with Crippen molar-refractivity contribution in [2.75, 3.05) is 10.3 Å². The van der Waals surface area contributed by atoms with Crippen LogP contribution in [-0.2, 0) is 9.59 Å². The first-order chi connectivity index (χ1) is 14.0. The minimum absolute atomic E-state index is 0.160. The molecule has 2 aromatic carbocycles. The van der Waals surface area contributed by atoms with Crippen molar-refractivity contribution < 1.29 is 14.4 Å². The SMILES string of the molecule is O=C1CCC(=O)N(c2ccc(C(=O)Nc3ccc(Cl)cc3-n3cccc3)cc2)N1. The fourth-order valence-corrected chi connectivity index (χ4v) is 3.23. The molecule has 0 radical (unpaired) electrons. The summed E-state index contributed by atoms with van der Waals surface area (Å²) in [7, 11) is 0. The van der Waals surface area contributed by atoms with Crippen LogP contribution in [0.5, 0.6) is 0 Å². The number of hydrazine groups is 1. The molecule has 146 valence electrons. The Morgan fingerprint density at radius 2 is 1.72 bits per heavy atom. The molecule has 3 aromatic rings. The van der Waals surface area contributed by atoms with Gasteiger partial charge in [-0.05, 0) is 54.6 Å². The summed E-state index contributed by atoms with van der Waals surface area (Å²) in [6.45, 7) is 0. The van der Waals surface area contributed by atoms with Crippen molar-refractivity contribution in [1.82, 2.24) is 9.99 Å². The summed E-state index contributed by atoms with van der Waals surface area (Å²) in [5.41, 5.74) is 4.80. The van der Waals surface area contributed by atoms with Gasteiger partial charge in [0.15, 0.2) is 0 Å². The number of hydrogen-bond donors (Lipinski definition) is 2. The molecule has 0 bridgehead atoms. The first-order valence-electron chi connectivity index (χ1n) is 8.98. The molecule has 2 N–H and O–H groups in total. The second-order valence-corrected chi connectivity index (χ2v) is 6.95. The standard InChI is InChI=1S/C21H17ClN4O3/c22-15-5-8-17(18(13-15)25-11-1-2-12-25)23-21(29)14-3-6-16(7-4-14)26-20(28)10-9-19(27)24-26/h1-8,11-13H,9-10H2,(H,23,29)(H,24,27). The van der Waals surface area contributed by atoms with Gasteiger partial charge in [0.1, 0.15) is 0 Å². The van der Waals surface area contributed by atoms with Crippen molar-refractivity contribution in [2.24, 2.45) is 0 Å². The molecule has 1 aliphatic heterocycles. The highest BCUT2D eigenvalue weighted by Crippen LogP contribution is 2.26. The number of aromatic nitrogens is 1. The molecular formula is C21H17ClN4O3. The van der Waals surface area contributed by atoms with Crippen LogP contribution in [0.25, 0.3) is 5.69 Å². The van der Waals surface area contributed by atoms with Gasteiger partial charge in [-0.3, -0.25) is 19.8 Å². The lowest BCUT2D eigenvalue weighted by Crippen LogP contribution is -2.50. The lowest BCUT2D eigenvalue weighted by Gasteiger charge is -2.27. The van der Waals surface area contributed by atoms with E-state index in [2.05, 4.69) is 10.7 Å². The normalized spacial score (nSPS) is 13.9. The molecule has 0 unspecified atom stereocenters. The molecule has 1 aliphatic rings. The maximum absolute atomic E-state index is 12.7. The van der Waals surface area contributed by atoms with Crippen LogP contribution < -0.4 is 15.8 Å². The van der Waals surface area contributed by atoms with E-state index in [-0.39, 0.29) is 30.6 Å². The lowest BCUT2D eigenvalue weighted by atomic mass is 10.1. The summed E-state index contributed by atoms with van der Waals surface area (Å²) in [5, 5.41) is 4.65. The van der Waals surface area contributed by atoms with Gasteiger partial charge in [-0.25, -0.2) is 5.01 Å². The van der Waals surface area contributed by atoms with E-state index in [0.29, 0.717) is 22.0 Å². The first-order valence-corrected chi connectivity index (χ1v) is 9.36. The number of hydrogen-bond acceptors (Lipinski definition) is 3. The van der Waals surface area contributed by atoms with Crippen LogP contribution in [0.2, 0.25) is 5.02 Å². The van der Waals surface area contributed by atoms with Gasteiger partial charge < -0.3 is 9.88 Å². The van der Waals surface area contributed by atoms with Crippen LogP contribution in [0.15, 0.2) is 67.0 Å². The van der Waals surface area contributed by atoms with Gasteiger partial charge in [0.05, 0.1) is 17.1 Å². The molecule has 0 saturated carbocycles. The maximum atomic E-state index is 12.7. The van der Waals surface area contributed by atoms with Crippen molar-refractivity contribution >= 4 is 40.7 Å². The zero-order valence-electron chi connectivity index (χ0n) is 15.3. The Kier molecular flexibility index (Phi) is 5.05. The highest BCUT2D eigenvalue weighted by Gasteiger charge is 2.24. The summed E-state index contributed by atoms with van der Waals surface area (Å²) in [6, 6.07) is 15.4. The van der Waals surface area contributed by atoms with Crippen molar-refractivity contribution in [1.29, 1.82) is 0 Å². The van der Waals surface area contributed by atoms with Gasteiger partial charge >= 0.3 is 0 Å². The number of carbonyl (C=O) groups excluding carboxylic acids is 3. The van der Waals surface area contributed by atoms with Crippen LogP contribution in [0.1, 0.15) is 23.2 Å². The Bertz CT molecular complexity index is 1080. The largest absolute Gasteiger partial charge is 0.322 e. The summed E-state index contributed by atoms with van der Waals surface area (Å²) in [6.07, 6.45) is 4.06. The molecule has 1 aromatic heterocycles. The van der Waals surface area contributed by atoms with E-state index >= 15 is 0 Å². The Morgan fingerprint density at radius 3 is 2.45 bits per heavy atom. The Balaban J connectivity index is 1.54. The van der Waals surface area contributed by atoms with Gasteiger partial charge in [0, 0.05) is 35.8 Å². The molecule has 1 fully saturated rings. The Morgan fingerprint density at radius 1 is 1.00 bits per heavy atom. The van der Waals surface area contributed by atoms with Gasteiger partial charge in [0.25, 0.3) is 5.91 Å². The monoisotopic (exact) mass is 408 g/mol. The molecule has 3 amide bonds. The third kappa shape index (κ3) is 4.00. The summed E-state index contributed by atoms with van der Waals surface area (Å²) in [4.78, 5) is 36.3. The molecule has 2 heterocycles. The van der Waals surface area contributed by atoms with E-state index in [4.69, 9.17) is 11.6 Å². The number of amides is 3. The van der Waals surface area contributed by atoms with Crippen molar-refractivity contribution in [3.8, 4) is 5.69 Å². The van der Waals surface area contributed by atoms with Crippen LogP contribution in [0, 0.1) is 0 Å². The highest BCUT2D eigenvalue weighted by atomic mass is 35.5. The first kappa shape index (κ1) is 18.8. The van der Waals surface area contributed by atoms with Gasteiger partial charge in [-0.2, -0.15) is 0 Å². The number of nitrogens with one attached hydrogen (secondary N) is 2. The topological polar surface area (TPSA) is 83.4 Å². The van der Waals surface area contributed by atoms with Crippen molar-refractivity contribution in [2.45, 2.75) is 12.8 Å². The van der Waals surface area contributed by atoms with E-state index in [1.165, 1.54) is 5.01 Å². The number of nitrogens with zero attached hydrogens (tertiary/aromatic N) is 2. The van der Waals surface area contributed by atoms with Gasteiger partial charge in [-0.15, -0.1) is 0 Å². The van der Waals surface area contributed by atoms with Crippen LogP contribution in [0.4, 0.5) is 11.4 Å². The maximum Gasteiger partial charge on any atom is 0.255 e. The van der Waals surface area contributed by atoms with E-state index < -0.39 is 0 Å². The Hall–Kier alpha value is -3.58. The molecule has 1 saturated heterocycles. The summed E-state index contributed by atoms with van der Waals surface area (Å²) in [5.74, 6) is -0.715. The molecule has 0 spiro atoms. The minimum Gasteiger partial charge on any atom is -0.322 e. The molecule has 0 aliphatic carbocycles. The molecular weight excluding hydrogens is 392 g/mol. The fourth-order valence-electron chi connectivity index (χ4n) is 3.06. The average Bonchev–Trinajstić information content (AvgIpc) is 3.26. The Labute approximate surface area is 171 Å². The van der Waals surface area contributed by atoms with Gasteiger partial charge in [0.2, 0.25) is 11.8 Å².